The summed E-state index contributed by atoms with van der Waals surface area (Å²) in [4.78, 5) is 12.3. The molecular formula is C14H26N2O2. The van der Waals surface area contributed by atoms with Crippen molar-refractivity contribution in [1.29, 1.82) is 0 Å². The molecule has 2 heterocycles. The molecule has 0 bridgehead atoms. The van der Waals surface area contributed by atoms with Crippen LogP contribution in [0.3, 0.4) is 0 Å². The van der Waals surface area contributed by atoms with Gasteiger partial charge in [0.1, 0.15) is 0 Å². The molecule has 2 rings (SSSR count). The van der Waals surface area contributed by atoms with E-state index in [1.165, 1.54) is 0 Å². The van der Waals surface area contributed by atoms with Gasteiger partial charge in [0.2, 0.25) is 5.91 Å². The third-order valence-corrected chi connectivity index (χ3v) is 4.49. The monoisotopic (exact) mass is 254 g/mol. The number of carbonyl (C=O) groups excluding carboxylic acids is 1. The molecule has 0 spiro atoms. The van der Waals surface area contributed by atoms with E-state index in [4.69, 9.17) is 4.74 Å². The second kappa shape index (κ2) is 6.53. The molecular weight excluding hydrogens is 228 g/mol. The molecule has 0 aliphatic carbocycles. The van der Waals surface area contributed by atoms with Crippen LogP contribution in [0.25, 0.3) is 0 Å². The molecule has 4 nitrogen and oxygen atoms in total. The summed E-state index contributed by atoms with van der Waals surface area (Å²) in [6, 6.07) is 0. The summed E-state index contributed by atoms with van der Waals surface area (Å²) in [6.45, 7) is 6.57. The predicted molar refractivity (Wildman–Crippen MR) is 71.4 cm³/mol. The molecule has 0 radical (unpaired) electrons. The van der Waals surface area contributed by atoms with E-state index >= 15 is 0 Å². The number of amides is 1. The van der Waals surface area contributed by atoms with Crippen molar-refractivity contribution in [1.82, 2.24) is 10.6 Å². The first-order chi connectivity index (χ1) is 8.77. The molecule has 18 heavy (non-hydrogen) atoms. The Morgan fingerprint density at radius 3 is 3.06 bits per heavy atom. The lowest BCUT2D eigenvalue weighted by Gasteiger charge is -2.35. The van der Waals surface area contributed by atoms with E-state index in [0.717, 1.165) is 65.0 Å². The van der Waals surface area contributed by atoms with Crippen LogP contribution in [0.5, 0.6) is 0 Å². The zero-order chi connectivity index (χ0) is 12.8. The first kappa shape index (κ1) is 13.8. The fourth-order valence-electron chi connectivity index (χ4n) is 3.01. The van der Waals surface area contributed by atoms with Gasteiger partial charge in [-0.05, 0) is 44.6 Å². The Morgan fingerprint density at radius 2 is 2.44 bits per heavy atom. The van der Waals surface area contributed by atoms with Gasteiger partial charge in [-0.3, -0.25) is 4.79 Å². The number of nitrogens with one attached hydrogen (secondary N) is 2. The quantitative estimate of drug-likeness (QED) is 0.778. The summed E-state index contributed by atoms with van der Waals surface area (Å²) in [5.41, 5.74) is -0.162. The number of hydrogen-bond donors (Lipinski definition) is 2. The second-order valence-electron chi connectivity index (χ2n) is 5.69. The molecule has 104 valence electrons. The third kappa shape index (κ3) is 3.23. The Kier molecular flexibility index (Phi) is 5.01. The van der Waals surface area contributed by atoms with E-state index in [1.807, 2.05) is 0 Å². The minimum Gasteiger partial charge on any atom is -0.381 e. The van der Waals surface area contributed by atoms with Crippen LogP contribution in [0.15, 0.2) is 0 Å². The number of piperidine rings is 1. The summed E-state index contributed by atoms with van der Waals surface area (Å²) >= 11 is 0. The van der Waals surface area contributed by atoms with Gasteiger partial charge in [0, 0.05) is 26.3 Å². The Morgan fingerprint density at radius 1 is 1.56 bits per heavy atom. The van der Waals surface area contributed by atoms with Crippen molar-refractivity contribution in [2.75, 3.05) is 32.8 Å². The summed E-state index contributed by atoms with van der Waals surface area (Å²) in [5, 5.41) is 6.49. The molecule has 0 aromatic heterocycles. The average Bonchev–Trinajstić information content (AvgIpc) is 2.92. The highest BCUT2D eigenvalue weighted by Gasteiger charge is 2.37. The van der Waals surface area contributed by atoms with Gasteiger partial charge in [0.25, 0.3) is 0 Å². The van der Waals surface area contributed by atoms with Crippen molar-refractivity contribution >= 4 is 5.91 Å². The van der Waals surface area contributed by atoms with Gasteiger partial charge in [-0.15, -0.1) is 0 Å². The number of hydrogen-bond acceptors (Lipinski definition) is 3. The predicted octanol–water partition coefficient (Wildman–Crippen LogP) is 1.31. The summed E-state index contributed by atoms with van der Waals surface area (Å²) in [7, 11) is 0. The Bertz CT molecular complexity index is 269. The molecule has 2 atom stereocenters. The lowest BCUT2D eigenvalue weighted by molar-refractivity contribution is -0.132. The van der Waals surface area contributed by atoms with Crippen LogP contribution in [0.2, 0.25) is 0 Å². The normalized spacial score (nSPS) is 32.4. The van der Waals surface area contributed by atoms with E-state index in [1.54, 1.807) is 0 Å². The Labute approximate surface area is 110 Å². The topological polar surface area (TPSA) is 50.4 Å². The highest BCUT2D eigenvalue weighted by Crippen LogP contribution is 2.30. The van der Waals surface area contributed by atoms with Gasteiger partial charge >= 0.3 is 0 Å². The van der Waals surface area contributed by atoms with Gasteiger partial charge in [-0.2, -0.15) is 0 Å². The summed E-state index contributed by atoms with van der Waals surface area (Å²) in [5.74, 6) is 0.892. The maximum Gasteiger partial charge on any atom is 0.227 e. The zero-order valence-electron chi connectivity index (χ0n) is 11.5. The van der Waals surface area contributed by atoms with Crippen LogP contribution < -0.4 is 10.6 Å². The Hall–Kier alpha value is -0.610. The minimum absolute atomic E-state index is 0.162. The molecule has 2 N–H and O–H groups in total. The average molecular weight is 254 g/mol. The van der Waals surface area contributed by atoms with Crippen molar-refractivity contribution in [3.05, 3.63) is 0 Å². The molecule has 2 unspecified atom stereocenters. The van der Waals surface area contributed by atoms with Gasteiger partial charge in [-0.25, -0.2) is 0 Å². The zero-order valence-corrected chi connectivity index (χ0v) is 11.5. The van der Waals surface area contributed by atoms with E-state index in [2.05, 4.69) is 17.6 Å². The van der Waals surface area contributed by atoms with Crippen molar-refractivity contribution in [3.63, 3.8) is 0 Å². The van der Waals surface area contributed by atoms with E-state index < -0.39 is 0 Å². The first-order valence-electron chi connectivity index (χ1n) is 7.33. The second-order valence-corrected chi connectivity index (χ2v) is 5.69. The fraction of sp³-hybridized carbons (Fsp3) is 0.929. The lowest BCUT2D eigenvalue weighted by Crippen LogP contribution is -2.50. The lowest BCUT2D eigenvalue weighted by atomic mass is 9.77. The molecule has 1 amide bonds. The minimum atomic E-state index is -0.162. The standard InChI is InChI=1S/C14H26N2O2/c1-2-14(6-3-7-15-11-14)13(17)16-8-4-12-5-9-18-10-12/h12,15H,2-11H2,1H3,(H,16,17). The number of carbonyl (C=O) groups is 1. The maximum absolute atomic E-state index is 12.3. The molecule has 2 saturated heterocycles. The molecule has 0 aromatic carbocycles. The van der Waals surface area contributed by atoms with Gasteiger partial charge in [0.15, 0.2) is 0 Å². The summed E-state index contributed by atoms with van der Waals surface area (Å²) in [6.07, 6.45) is 5.26. The van der Waals surface area contributed by atoms with Crippen molar-refractivity contribution in [3.8, 4) is 0 Å². The molecule has 0 saturated carbocycles. The number of ether oxygens (including phenoxy) is 1. The van der Waals surface area contributed by atoms with E-state index in [0.29, 0.717) is 5.92 Å². The van der Waals surface area contributed by atoms with Crippen molar-refractivity contribution in [2.24, 2.45) is 11.3 Å². The fourth-order valence-corrected chi connectivity index (χ4v) is 3.01. The SMILES string of the molecule is CCC1(C(=O)NCCC2CCOC2)CCCNC1. The highest BCUT2D eigenvalue weighted by atomic mass is 16.5. The molecule has 0 aromatic rings. The Balaban J connectivity index is 1.74. The van der Waals surface area contributed by atoms with Crippen LogP contribution >= 0.6 is 0 Å². The maximum atomic E-state index is 12.3. The van der Waals surface area contributed by atoms with E-state index in [9.17, 15) is 4.79 Å². The van der Waals surface area contributed by atoms with Crippen LogP contribution in [0.4, 0.5) is 0 Å². The molecule has 2 aliphatic heterocycles. The van der Waals surface area contributed by atoms with Crippen LogP contribution in [0.1, 0.15) is 39.0 Å². The summed E-state index contributed by atoms with van der Waals surface area (Å²) < 4.78 is 5.35. The highest BCUT2D eigenvalue weighted by molar-refractivity contribution is 5.82. The van der Waals surface area contributed by atoms with Gasteiger partial charge in [0.05, 0.1) is 5.41 Å². The smallest absolute Gasteiger partial charge is 0.227 e. The first-order valence-corrected chi connectivity index (χ1v) is 7.33. The van der Waals surface area contributed by atoms with Crippen LogP contribution in [-0.2, 0) is 9.53 Å². The van der Waals surface area contributed by atoms with Crippen molar-refractivity contribution < 1.29 is 9.53 Å². The van der Waals surface area contributed by atoms with Crippen molar-refractivity contribution in [2.45, 2.75) is 39.0 Å². The van der Waals surface area contributed by atoms with Gasteiger partial charge in [-0.1, -0.05) is 6.92 Å². The van der Waals surface area contributed by atoms with E-state index in [-0.39, 0.29) is 11.3 Å². The molecule has 4 heteroatoms. The molecule has 2 aliphatic rings. The van der Waals surface area contributed by atoms with Crippen LogP contribution in [-0.4, -0.2) is 38.8 Å². The number of rotatable bonds is 5. The largest absolute Gasteiger partial charge is 0.381 e. The van der Waals surface area contributed by atoms with Crippen LogP contribution in [0, 0.1) is 11.3 Å². The third-order valence-electron chi connectivity index (χ3n) is 4.49. The van der Waals surface area contributed by atoms with Gasteiger partial charge < -0.3 is 15.4 Å². The molecule has 2 fully saturated rings.